The highest BCUT2D eigenvalue weighted by molar-refractivity contribution is 5.92. The van der Waals surface area contributed by atoms with Gasteiger partial charge in [0.25, 0.3) is 0 Å². The van der Waals surface area contributed by atoms with Gasteiger partial charge in [0.1, 0.15) is 5.75 Å². The molecule has 5 nitrogen and oxygen atoms in total. The van der Waals surface area contributed by atoms with E-state index in [0.717, 1.165) is 17.7 Å². The third-order valence-electron chi connectivity index (χ3n) is 4.09. The Morgan fingerprint density at radius 2 is 1.80 bits per heavy atom. The highest BCUT2D eigenvalue weighted by Gasteiger charge is 2.23. The number of carbonyl (C=O) groups is 2. The van der Waals surface area contributed by atoms with Crippen molar-refractivity contribution in [3.05, 3.63) is 35.9 Å². The van der Waals surface area contributed by atoms with E-state index in [1.165, 1.54) is 7.11 Å². The number of amides is 1. The number of nitrogens with zero attached hydrogens (tertiary/aromatic N) is 1. The first-order valence-corrected chi connectivity index (χ1v) is 8.72. The summed E-state index contributed by atoms with van der Waals surface area (Å²) in [6.07, 6.45) is 4.14. The fourth-order valence-corrected chi connectivity index (χ4v) is 2.38. The van der Waals surface area contributed by atoms with Crippen molar-refractivity contribution in [2.45, 2.75) is 40.2 Å². The zero-order valence-corrected chi connectivity index (χ0v) is 15.8. The van der Waals surface area contributed by atoms with Crippen LogP contribution < -0.4 is 4.74 Å². The van der Waals surface area contributed by atoms with Crippen molar-refractivity contribution in [1.29, 1.82) is 0 Å². The van der Waals surface area contributed by atoms with Gasteiger partial charge in [0, 0.05) is 18.7 Å². The van der Waals surface area contributed by atoms with Crippen LogP contribution in [0.1, 0.15) is 39.7 Å². The zero-order valence-electron chi connectivity index (χ0n) is 15.8. The Balaban J connectivity index is 2.81. The minimum Gasteiger partial charge on any atom is -0.494 e. The van der Waals surface area contributed by atoms with E-state index in [2.05, 4.69) is 0 Å². The molecule has 0 heterocycles. The number of benzene rings is 1. The van der Waals surface area contributed by atoms with Crippen molar-refractivity contribution in [2.24, 2.45) is 5.92 Å². The van der Waals surface area contributed by atoms with Crippen LogP contribution in [-0.4, -0.2) is 43.1 Å². The van der Waals surface area contributed by atoms with Crippen molar-refractivity contribution in [3.8, 4) is 5.75 Å². The molecule has 5 heteroatoms. The summed E-state index contributed by atoms with van der Waals surface area (Å²) in [5.74, 6) is 0.0246. The predicted molar refractivity (Wildman–Crippen MR) is 99.3 cm³/mol. The molecule has 0 N–H and O–H groups in total. The van der Waals surface area contributed by atoms with Crippen LogP contribution in [0.25, 0.3) is 6.08 Å². The predicted octanol–water partition coefficient (Wildman–Crippen LogP) is 3.53. The zero-order chi connectivity index (χ0) is 18.8. The largest absolute Gasteiger partial charge is 0.494 e. The number of carbonyl (C=O) groups excluding carboxylic acids is 2. The molecule has 25 heavy (non-hydrogen) atoms. The van der Waals surface area contributed by atoms with Crippen LogP contribution in [-0.2, 0) is 14.3 Å². The molecule has 2 atom stereocenters. The van der Waals surface area contributed by atoms with Gasteiger partial charge in [-0.1, -0.05) is 26.0 Å². The fourth-order valence-electron chi connectivity index (χ4n) is 2.38. The molecule has 1 aromatic carbocycles. The summed E-state index contributed by atoms with van der Waals surface area (Å²) in [4.78, 5) is 26.0. The molecule has 0 radical (unpaired) electrons. The second kappa shape index (κ2) is 10.5. The van der Waals surface area contributed by atoms with Gasteiger partial charge in [-0.2, -0.15) is 0 Å². The average molecular weight is 347 g/mol. The van der Waals surface area contributed by atoms with Crippen molar-refractivity contribution >= 4 is 18.0 Å². The highest BCUT2D eigenvalue weighted by atomic mass is 16.5. The Labute approximate surface area is 150 Å². The molecule has 0 saturated heterocycles. The van der Waals surface area contributed by atoms with E-state index in [1.807, 2.05) is 45.0 Å². The van der Waals surface area contributed by atoms with E-state index in [9.17, 15) is 9.59 Å². The number of rotatable bonds is 9. The van der Waals surface area contributed by atoms with Gasteiger partial charge < -0.3 is 14.4 Å². The van der Waals surface area contributed by atoms with Crippen LogP contribution in [0.2, 0.25) is 0 Å². The number of ether oxygens (including phenoxy) is 2. The molecule has 0 aliphatic rings. The van der Waals surface area contributed by atoms with E-state index in [4.69, 9.17) is 9.47 Å². The Kier molecular flexibility index (Phi) is 8.75. The maximum absolute atomic E-state index is 12.6. The van der Waals surface area contributed by atoms with Crippen LogP contribution in [0.5, 0.6) is 5.75 Å². The lowest BCUT2D eigenvalue weighted by Gasteiger charge is -2.29. The Bertz CT molecular complexity index is 580. The molecule has 0 bridgehead atoms. The molecule has 0 aromatic heterocycles. The quantitative estimate of drug-likeness (QED) is 0.506. The topological polar surface area (TPSA) is 55.8 Å². The minimum absolute atomic E-state index is 0.0459. The summed E-state index contributed by atoms with van der Waals surface area (Å²) in [5, 5.41) is 0. The summed E-state index contributed by atoms with van der Waals surface area (Å²) in [6.45, 7) is 8.66. The monoisotopic (exact) mass is 347 g/mol. The Morgan fingerprint density at radius 1 is 1.16 bits per heavy atom. The third-order valence-corrected chi connectivity index (χ3v) is 4.09. The van der Waals surface area contributed by atoms with Gasteiger partial charge in [0.2, 0.25) is 5.91 Å². The van der Waals surface area contributed by atoms with Gasteiger partial charge in [-0.15, -0.1) is 0 Å². The van der Waals surface area contributed by atoms with E-state index >= 15 is 0 Å². The van der Waals surface area contributed by atoms with E-state index in [0.29, 0.717) is 13.2 Å². The van der Waals surface area contributed by atoms with Gasteiger partial charge in [-0.05, 0) is 44.0 Å². The molecule has 0 fully saturated rings. The lowest BCUT2D eigenvalue weighted by atomic mass is 10.1. The molecule has 0 aliphatic carbocycles. The number of methoxy groups -OCH3 is 1. The average Bonchev–Trinajstić information content (AvgIpc) is 2.63. The fraction of sp³-hybridized carbons (Fsp3) is 0.500. The summed E-state index contributed by atoms with van der Waals surface area (Å²) in [5.41, 5.74) is 0.918. The molecule has 138 valence electrons. The summed E-state index contributed by atoms with van der Waals surface area (Å²) >= 11 is 0. The van der Waals surface area contributed by atoms with E-state index in [-0.39, 0.29) is 23.8 Å². The summed E-state index contributed by atoms with van der Waals surface area (Å²) in [6, 6.07) is 7.60. The van der Waals surface area contributed by atoms with Gasteiger partial charge in [-0.25, -0.2) is 0 Å². The van der Waals surface area contributed by atoms with Crippen molar-refractivity contribution < 1.29 is 19.1 Å². The molecule has 1 aromatic rings. The van der Waals surface area contributed by atoms with Gasteiger partial charge in [0.15, 0.2) is 0 Å². The smallest absolute Gasteiger partial charge is 0.310 e. The van der Waals surface area contributed by atoms with Crippen molar-refractivity contribution in [2.75, 3.05) is 20.3 Å². The maximum Gasteiger partial charge on any atom is 0.310 e. The van der Waals surface area contributed by atoms with Gasteiger partial charge in [-0.3, -0.25) is 9.59 Å². The standard InChI is InChI=1S/C20H29NO4/c1-6-16(4)21(14-15(3)20(23)24-5)19(22)13-10-17-8-11-18(12-9-17)25-7-2/h8-13,15-16H,6-7,14H2,1-5H3/b13-10+. The first-order chi connectivity index (χ1) is 11.9. The molecule has 2 unspecified atom stereocenters. The van der Waals surface area contributed by atoms with Crippen LogP contribution in [0, 0.1) is 5.92 Å². The maximum atomic E-state index is 12.6. The SMILES string of the molecule is CCOc1ccc(/C=C/C(=O)N(CC(C)C(=O)OC)C(C)CC)cc1. The lowest BCUT2D eigenvalue weighted by molar-refractivity contribution is -0.146. The summed E-state index contributed by atoms with van der Waals surface area (Å²) in [7, 11) is 1.36. The molecule has 0 spiro atoms. The third kappa shape index (κ3) is 6.61. The van der Waals surface area contributed by atoms with Crippen molar-refractivity contribution in [1.82, 2.24) is 4.90 Å². The molecule has 0 aliphatic heterocycles. The van der Waals surface area contributed by atoms with Crippen LogP contribution in [0.15, 0.2) is 30.3 Å². The minimum atomic E-state index is -0.359. The molecular weight excluding hydrogens is 318 g/mol. The lowest BCUT2D eigenvalue weighted by Crippen LogP contribution is -2.42. The molecule has 1 rings (SSSR count). The van der Waals surface area contributed by atoms with Gasteiger partial charge >= 0.3 is 5.97 Å². The van der Waals surface area contributed by atoms with E-state index < -0.39 is 0 Å². The first-order valence-electron chi connectivity index (χ1n) is 8.72. The number of esters is 1. The summed E-state index contributed by atoms with van der Waals surface area (Å²) < 4.78 is 10.2. The molecule has 0 saturated carbocycles. The Morgan fingerprint density at radius 3 is 2.32 bits per heavy atom. The van der Waals surface area contributed by atoms with Crippen LogP contribution in [0.4, 0.5) is 0 Å². The number of hydrogen-bond acceptors (Lipinski definition) is 4. The highest BCUT2D eigenvalue weighted by Crippen LogP contribution is 2.14. The molecule has 1 amide bonds. The van der Waals surface area contributed by atoms with Crippen LogP contribution in [0.3, 0.4) is 0 Å². The second-order valence-electron chi connectivity index (χ2n) is 6.01. The second-order valence-corrected chi connectivity index (χ2v) is 6.01. The van der Waals surface area contributed by atoms with Crippen molar-refractivity contribution in [3.63, 3.8) is 0 Å². The van der Waals surface area contributed by atoms with E-state index in [1.54, 1.807) is 24.0 Å². The molecular formula is C20H29NO4. The normalized spacial score (nSPS) is 13.3. The first kappa shape index (κ1) is 20.7. The Hall–Kier alpha value is -2.30. The number of hydrogen-bond donors (Lipinski definition) is 0. The van der Waals surface area contributed by atoms with Gasteiger partial charge in [0.05, 0.1) is 19.6 Å². The van der Waals surface area contributed by atoms with Crippen LogP contribution >= 0.6 is 0 Å².